The highest BCUT2D eigenvalue weighted by atomic mass is 32.1. The predicted molar refractivity (Wildman–Crippen MR) is 215 cm³/mol. The number of rotatable bonds is 15. The molecule has 56 heavy (non-hydrogen) atoms. The van der Waals surface area contributed by atoms with E-state index < -0.39 is 6.04 Å². The van der Waals surface area contributed by atoms with Crippen molar-refractivity contribution in [3.05, 3.63) is 138 Å². The summed E-state index contributed by atoms with van der Waals surface area (Å²) in [6.07, 6.45) is 0.584. The first kappa shape index (κ1) is 37.0. The molecule has 284 valence electrons. The first-order valence-electron chi connectivity index (χ1n) is 18.8. The second-order valence-corrected chi connectivity index (χ2v) is 14.9. The van der Waals surface area contributed by atoms with E-state index in [1.54, 1.807) is 28.4 Å². The molecule has 8 rings (SSSR count). The van der Waals surface area contributed by atoms with Crippen molar-refractivity contribution in [1.29, 1.82) is 0 Å². The maximum Gasteiger partial charge on any atom is 0.255 e. The monoisotopic (exact) mass is 767 g/mol. The van der Waals surface area contributed by atoms with Crippen LogP contribution in [-0.4, -0.2) is 54.8 Å². The summed E-state index contributed by atoms with van der Waals surface area (Å²) in [5, 5.41) is 1.01. The number of hydrogen-bond donors (Lipinski definition) is 0. The minimum absolute atomic E-state index is 0.0650. The van der Waals surface area contributed by atoms with Gasteiger partial charge >= 0.3 is 0 Å². The quantitative estimate of drug-likeness (QED) is 0.0753. The van der Waals surface area contributed by atoms with Crippen LogP contribution in [-0.2, 0) is 27.5 Å². The molecule has 2 aliphatic rings. The zero-order valence-electron chi connectivity index (χ0n) is 31.0. The van der Waals surface area contributed by atoms with Gasteiger partial charge < -0.3 is 28.6 Å². The van der Waals surface area contributed by atoms with Gasteiger partial charge in [-0.3, -0.25) is 14.4 Å². The minimum Gasteiger partial charge on any atom is -0.491 e. The number of ether oxygens (including phenoxy) is 5. The van der Waals surface area contributed by atoms with Gasteiger partial charge in [0, 0.05) is 27.6 Å². The molecule has 9 nitrogen and oxygen atoms in total. The third kappa shape index (κ3) is 8.32. The summed E-state index contributed by atoms with van der Waals surface area (Å²) in [5.41, 5.74) is 4.69. The van der Waals surface area contributed by atoms with Crippen LogP contribution < -0.4 is 18.9 Å². The average Bonchev–Trinajstić information content (AvgIpc) is 3.74. The first-order valence-corrected chi connectivity index (χ1v) is 19.6. The summed E-state index contributed by atoms with van der Waals surface area (Å²) in [6.45, 7) is 4.20. The Balaban J connectivity index is 0.833. The zero-order chi connectivity index (χ0) is 38.4. The molecule has 1 aromatic heterocycles. The van der Waals surface area contributed by atoms with Crippen molar-refractivity contribution >= 4 is 38.9 Å². The van der Waals surface area contributed by atoms with Crippen LogP contribution in [0.5, 0.6) is 28.7 Å². The van der Waals surface area contributed by atoms with Crippen molar-refractivity contribution in [2.24, 2.45) is 0 Å². The van der Waals surface area contributed by atoms with Crippen molar-refractivity contribution in [2.45, 2.75) is 45.4 Å². The van der Waals surface area contributed by atoms with Crippen LogP contribution in [0.4, 0.5) is 0 Å². The highest BCUT2D eigenvalue weighted by molar-refractivity contribution is 7.22. The molecule has 1 fully saturated rings. The molecule has 0 saturated heterocycles. The predicted octanol–water partition coefficient (Wildman–Crippen LogP) is 9.37. The number of carbonyl (C=O) groups excluding carboxylic acids is 3. The van der Waals surface area contributed by atoms with E-state index in [1.165, 1.54) is 5.56 Å². The maximum absolute atomic E-state index is 13.1. The molecule has 1 amide bonds. The second kappa shape index (κ2) is 16.8. The fourth-order valence-electron chi connectivity index (χ4n) is 7.03. The lowest BCUT2D eigenvalue weighted by Crippen LogP contribution is -2.44. The van der Waals surface area contributed by atoms with E-state index in [0.717, 1.165) is 43.2 Å². The molecule has 6 aromatic rings. The number of thiophene rings is 1. The van der Waals surface area contributed by atoms with Gasteiger partial charge in [0.25, 0.3) is 5.91 Å². The summed E-state index contributed by atoms with van der Waals surface area (Å²) in [6, 6.07) is 37.1. The Kier molecular flexibility index (Phi) is 11.1. The maximum atomic E-state index is 13.1. The molecule has 1 saturated carbocycles. The van der Waals surface area contributed by atoms with Gasteiger partial charge in [-0.25, -0.2) is 0 Å². The molecule has 0 spiro atoms. The Hall–Kier alpha value is -5.97. The van der Waals surface area contributed by atoms with E-state index in [4.69, 9.17) is 23.7 Å². The smallest absolute Gasteiger partial charge is 0.255 e. The standard InChI is InChI=1S/C46H41NO8S/c1-30-10-12-32(13-11-30)45-44(38-20-19-36(27-43(38)56-45)54-29-31-6-3-2-4-7-31)55-35-17-15-34(16-18-35)52-24-22-51-23-25-53-42-9-5-8-37-39(42)28-47(46(37)50)40-21-14-33(48)26-41(40)49/h2-13,15-20,27,40H,14,21-26,28-29H2,1H3. The minimum atomic E-state index is -0.564. The number of fused-ring (bicyclic) bond motifs is 2. The molecular formula is C46H41NO8S. The van der Waals surface area contributed by atoms with Crippen LogP contribution in [0.3, 0.4) is 0 Å². The molecule has 2 heterocycles. The van der Waals surface area contributed by atoms with Gasteiger partial charge in [-0.1, -0.05) is 66.2 Å². The van der Waals surface area contributed by atoms with Gasteiger partial charge in [0.05, 0.1) is 37.1 Å². The van der Waals surface area contributed by atoms with E-state index in [2.05, 4.69) is 55.5 Å². The molecule has 0 N–H and O–H groups in total. The number of Topliss-reactive ketones (excluding diaryl/α,β-unsaturated/α-hetero) is 2. The van der Waals surface area contributed by atoms with Gasteiger partial charge in [-0.05, 0) is 79.1 Å². The molecule has 5 aromatic carbocycles. The summed E-state index contributed by atoms with van der Waals surface area (Å²) in [5.74, 6) is 3.14. The Morgan fingerprint density at radius 1 is 0.732 bits per heavy atom. The van der Waals surface area contributed by atoms with Crippen molar-refractivity contribution in [2.75, 3.05) is 26.4 Å². The summed E-state index contributed by atoms with van der Waals surface area (Å²) >= 11 is 1.68. The van der Waals surface area contributed by atoms with Crippen molar-refractivity contribution in [3.8, 4) is 39.2 Å². The summed E-state index contributed by atoms with van der Waals surface area (Å²) in [7, 11) is 0. The van der Waals surface area contributed by atoms with Crippen LogP contribution in [0.15, 0.2) is 115 Å². The largest absolute Gasteiger partial charge is 0.491 e. The Labute approximate surface area is 329 Å². The summed E-state index contributed by atoms with van der Waals surface area (Å²) < 4.78 is 31.5. The number of aryl methyl sites for hydroxylation is 1. The lowest BCUT2D eigenvalue weighted by molar-refractivity contribution is -0.133. The van der Waals surface area contributed by atoms with Crippen LogP contribution in [0.25, 0.3) is 20.5 Å². The number of benzene rings is 5. The zero-order valence-corrected chi connectivity index (χ0v) is 31.8. The van der Waals surface area contributed by atoms with Crippen LogP contribution in [0, 0.1) is 6.92 Å². The third-order valence-electron chi connectivity index (χ3n) is 9.97. The van der Waals surface area contributed by atoms with E-state index in [9.17, 15) is 14.4 Å². The number of carbonyl (C=O) groups is 3. The topological polar surface area (TPSA) is 101 Å². The molecular weight excluding hydrogens is 727 g/mol. The van der Waals surface area contributed by atoms with E-state index >= 15 is 0 Å². The SMILES string of the molecule is Cc1ccc(-c2sc3cc(OCc4ccccc4)ccc3c2Oc2ccc(OCCOCCOc3cccc4c3CN(C3CCC(=O)CC3=O)C4=O)cc2)cc1. The number of ketones is 2. The fourth-order valence-corrected chi connectivity index (χ4v) is 8.20. The molecule has 1 unspecified atom stereocenters. The molecule has 1 aliphatic heterocycles. The molecule has 1 aliphatic carbocycles. The lowest BCUT2D eigenvalue weighted by Gasteiger charge is -2.29. The Morgan fingerprint density at radius 3 is 2.27 bits per heavy atom. The van der Waals surface area contributed by atoms with Crippen molar-refractivity contribution in [3.63, 3.8) is 0 Å². The second-order valence-electron chi connectivity index (χ2n) is 13.9. The molecule has 10 heteroatoms. The van der Waals surface area contributed by atoms with Gasteiger partial charge in [-0.2, -0.15) is 0 Å². The van der Waals surface area contributed by atoms with Crippen LogP contribution in [0.2, 0.25) is 0 Å². The van der Waals surface area contributed by atoms with Gasteiger partial charge in [0.15, 0.2) is 11.5 Å². The molecule has 0 radical (unpaired) electrons. The van der Waals surface area contributed by atoms with E-state index in [1.807, 2.05) is 54.6 Å². The van der Waals surface area contributed by atoms with Gasteiger partial charge in [-0.15, -0.1) is 11.3 Å². The lowest BCUT2D eigenvalue weighted by atomic mass is 9.92. The number of nitrogens with zero attached hydrogens (tertiary/aromatic N) is 1. The molecule has 1 atom stereocenters. The Morgan fingerprint density at radius 2 is 1.48 bits per heavy atom. The average molecular weight is 768 g/mol. The van der Waals surface area contributed by atoms with Gasteiger partial charge in [0.2, 0.25) is 0 Å². The van der Waals surface area contributed by atoms with Crippen LogP contribution in [0.1, 0.15) is 46.3 Å². The van der Waals surface area contributed by atoms with Crippen molar-refractivity contribution < 1.29 is 38.1 Å². The number of amides is 1. The van der Waals surface area contributed by atoms with E-state index in [-0.39, 0.29) is 37.0 Å². The normalized spacial score (nSPS) is 15.3. The highest BCUT2D eigenvalue weighted by Gasteiger charge is 2.40. The fraction of sp³-hybridized carbons (Fsp3) is 0.239. The number of hydrogen-bond acceptors (Lipinski definition) is 9. The third-order valence-corrected chi connectivity index (χ3v) is 11.2. The Bertz CT molecular complexity index is 2350. The van der Waals surface area contributed by atoms with Gasteiger partial charge in [0.1, 0.15) is 48.6 Å². The molecule has 0 bridgehead atoms. The van der Waals surface area contributed by atoms with Crippen LogP contribution >= 0.6 is 11.3 Å². The van der Waals surface area contributed by atoms with Crippen molar-refractivity contribution in [1.82, 2.24) is 4.90 Å². The highest BCUT2D eigenvalue weighted by Crippen LogP contribution is 2.47. The first-order chi connectivity index (χ1) is 27.4. The summed E-state index contributed by atoms with van der Waals surface area (Å²) in [4.78, 5) is 39.9. The van der Waals surface area contributed by atoms with E-state index in [0.29, 0.717) is 62.1 Å².